The zero-order chi connectivity index (χ0) is 14.7. The number of amides is 2. The van der Waals surface area contributed by atoms with Crippen molar-refractivity contribution in [3.05, 3.63) is 29.3 Å². The summed E-state index contributed by atoms with van der Waals surface area (Å²) in [6, 6.07) is 6.35. The van der Waals surface area contributed by atoms with Crippen molar-refractivity contribution in [2.24, 2.45) is 0 Å². The molecule has 2 amide bonds. The van der Waals surface area contributed by atoms with Crippen LogP contribution in [0.15, 0.2) is 24.3 Å². The van der Waals surface area contributed by atoms with E-state index in [0.29, 0.717) is 23.9 Å². The van der Waals surface area contributed by atoms with Crippen LogP contribution >= 0.6 is 11.6 Å². The summed E-state index contributed by atoms with van der Waals surface area (Å²) in [5.74, 6) is 0.245. The molecule has 0 bridgehead atoms. The average molecular weight is 297 g/mol. The number of halogens is 1. The van der Waals surface area contributed by atoms with Crippen molar-refractivity contribution >= 4 is 23.4 Å². The summed E-state index contributed by atoms with van der Waals surface area (Å²) in [6.45, 7) is 4.36. The SMILES string of the molecule is CC(Oc1ccc(Cl)cc1)C(=O)N1CCNC(=O)C1C. The minimum Gasteiger partial charge on any atom is -0.481 e. The van der Waals surface area contributed by atoms with Gasteiger partial charge in [0.2, 0.25) is 5.91 Å². The van der Waals surface area contributed by atoms with Crippen LogP contribution in [0.4, 0.5) is 0 Å². The van der Waals surface area contributed by atoms with Crippen molar-refractivity contribution in [3.8, 4) is 5.75 Å². The van der Waals surface area contributed by atoms with Crippen LogP contribution in [0.25, 0.3) is 0 Å². The number of hydrogen-bond donors (Lipinski definition) is 1. The highest BCUT2D eigenvalue weighted by Crippen LogP contribution is 2.18. The summed E-state index contributed by atoms with van der Waals surface area (Å²) in [5.41, 5.74) is 0. The van der Waals surface area contributed by atoms with Crippen molar-refractivity contribution in [1.82, 2.24) is 10.2 Å². The molecule has 1 saturated heterocycles. The van der Waals surface area contributed by atoms with Gasteiger partial charge in [-0.05, 0) is 38.1 Å². The van der Waals surface area contributed by atoms with E-state index in [9.17, 15) is 9.59 Å². The molecule has 1 aromatic rings. The number of piperazine rings is 1. The average Bonchev–Trinajstić information content (AvgIpc) is 2.43. The molecule has 2 rings (SSSR count). The van der Waals surface area contributed by atoms with Crippen LogP contribution in [-0.4, -0.2) is 41.9 Å². The van der Waals surface area contributed by atoms with Gasteiger partial charge < -0.3 is 15.0 Å². The highest BCUT2D eigenvalue weighted by Gasteiger charge is 2.32. The number of ether oxygens (including phenoxy) is 1. The number of nitrogens with one attached hydrogen (secondary N) is 1. The molecule has 0 saturated carbocycles. The van der Waals surface area contributed by atoms with E-state index in [2.05, 4.69) is 5.32 Å². The molecule has 1 fully saturated rings. The van der Waals surface area contributed by atoms with E-state index in [4.69, 9.17) is 16.3 Å². The summed E-state index contributed by atoms with van der Waals surface area (Å²) in [5, 5.41) is 3.33. The Morgan fingerprint density at radius 3 is 2.75 bits per heavy atom. The Bertz CT molecular complexity index is 504. The minimum absolute atomic E-state index is 0.136. The van der Waals surface area contributed by atoms with E-state index in [1.165, 1.54) is 0 Å². The Hall–Kier alpha value is -1.75. The molecule has 108 valence electrons. The first kappa shape index (κ1) is 14.7. The first-order valence-electron chi connectivity index (χ1n) is 6.49. The number of nitrogens with zero attached hydrogens (tertiary/aromatic N) is 1. The predicted molar refractivity (Wildman–Crippen MR) is 75.7 cm³/mol. The molecule has 6 heteroatoms. The molecule has 1 aliphatic rings. The van der Waals surface area contributed by atoms with E-state index in [1.807, 2.05) is 0 Å². The monoisotopic (exact) mass is 296 g/mol. The van der Waals surface area contributed by atoms with E-state index >= 15 is 0 Å². The summed E-state index contributed by atoms with van der Waals surface area (Å²) in [6.07, 6.45) is -0.649. The highest BCUT2D eigenvalue weighted by molar-refractivity contribution is 6.30. The molecule has 2 unspecified atom stereocenters. The minimum atomic E-state index is -0.649. The van der Waals surface area contributed by atoms with Gasteiger partial charge in [-0.2, -0.15) is 0 Å². The molecule has 0 spiro atoms. The van der Waals surface area contributed by atoms with Gasteiger partial charge in [0, 0.05) is 18.1 Å². The number of benzene rings is 1. The normalized spacial score (nSPS) is 20.2. The zero-order valence-corrected chi connectivity index (χ0v) is 12.2. The molecule has 2 atom stereocenters. The number of carbonyl (C=O) groups is 2. The first-order chi connectivity index (χ1) is 9.49. The van der Waals surface area contributed by atoms with Gasteiger partial charge in [0.05, 0.1) is 0 Å². The van der Waals surface area contributed by atoms with Gasteiger partial charge in [0.25, 0.3) is 5.91 Å². The molecule has 0 aliphatic carbocycles. The molecule has 1 heterocycles. The highest BCUT2D eigenvalue weighted by atomic mass is 35.5. The summed E-state index contributed by atoms with van der Waals surface area (Å²) < 4.78 is 5.59. The second-order valence-electron chi connectivity index (χ2n) is 4.71. The van der Waals surface area contributed by atoms with Gasteiger partial charge in [-0.3, -0.25) is 9.59 Å². The molecule has 1 aromatic carbocycles. The molecule has 20 heavy (non-hydrogen) atoms. The molecule has 1 aliphatic heterocycles. The second-order valence-corrected chi connectivity index (χ2v) is 5.15. The topological polar surface area (TPSA) is 58.6 Å². The summed E-state index contributed by atoms with van der Waals surface area (Å²) >= 11 is 5.79. The number of rotatable bonds is 3. The third kappa shape index (κ3) is 3.22. The standard InChI is InChI=1S/C14H17ClN2O3/c1-9-13(18)16-7-8-17(9)14(19)10(2)20-12-5-3-11(15)4-6-12/h3-6,9-10H,7-8H2,1-2H3,(H,16,18). The predicted octanol–water partition coefficient (Wildman–Crippen LogP) is 1.45. The van der Waals surface area contributed by atoms with Gasteiger partial charge in [-0.15, -0.1) is 0 Å². The van der Waals surface area contributed by atoms with Gasteiger partial charge in [-0.1, -0.05) is 11.6 Å². The number of hydrogen-bond acceptors (Lipinski definition) is 3. The molecule has 1 N–H and O–H groups in total. The van der Waals surface area contributed by atoms with Crippen molar-refractivity contribution in [2.45, 2.75) is 26.0 Å². The van der Waals surface area contributed by atoms with Crippen LogP contribution in [0.3, 0.4) is 0 Å². The Morgan fingerprint density at radius 2 is 2.10 bits per heavy atom. The van der Waals surface area contributed by atoms with Crippen molar-refractivity contribution in [2.75, 3.05) is 13.1 Å². The second kappa shape index (κ2) is 6.13. The van der Waals surface area contributed by atoms with E-state index in [1.54, 1.807) is 43.0 Å². The van der Waals surface area contributed by atoms with Crippen LogP contribution in [0.2, 0.25) is 5.02 Å². The molecule has 0 aromatic heterocycles. The fourth-order valence-electron chi connectivity index (χ4n) is 2.08. The van der Waals surface area contributed by atoms with Crippen LogP contribution in [0, 0.1) is 0 Å². The maximum atomic E-state index is 12.3. The van der Waals surface area contributed by atoms with Gasteiger partial charge in [0.15, 0.2) is 6.10 Å². The molecular formula is C14H17ClN2O3. The van der Waals surface area contributed by atoms with Crippen LogP contribution < -0.4 is 10.1 Å². The largest absolute Gasteiger partial charge is 0.481 e. The van der Waals surface area contributed by atoms with Crippen molar-refractivity contribution < 1.29 is 14.3 Å². The zero-order valence-electron chi connectivity index (χ0n) is 11.4. The Labute approximate surface area is 122 Å². The van der Waals surface area contributed by atoms with Crippen molar-refractivity contribution in [1.29, 1.82) is 0 Å². The fourth-order valence-corrected chi connectivity index (χ4v) is 2.21. The lowest BCUT2D eigenvalue weighted by Crippen LogP contribution is -2.58. The van der Waals surface area contributed by atoms with Crippen LogP contribution in [-0.2, 0) is 9.59 Å². The van der Waals surface area contributed by atoms with Gasteiger partial charge >= 0.3 is 0 Å². The van der Waals surface area contributed by atoms with Crippen molar-refractivity contribution in [3.63, 3.8) is 0 Å². The maximum absolute atomic E-state index is 12.3. The Morgan fingerprint density at radius 1 is 1.45 bits per heavy atom. The molecular weight excluding hydrogens is 280 g/mol. The third-order valence-electron chi connectivity index (χ3n) is 3.26. The van der Waals surface area contributed by atoms with Gasteiger partial charge in [0.1, 0.15) is 11.8 Å². The Kier molecular flexibility index (Phi) is 4.49. The maximum Gasteiger partial charge on any atom is 0.264 e. The first-order valence-corrected chi connectivity index (χ1v) is 6.87. The van der Waals surface area contributed by atoms with E-state index < -0.39 is 12.1 Å². The Balaban J connectivity index is 2.01. The summed E-state index contributed by atoms with van der Waals surface area (Å²) in [7, 11) is 0. The van der Waals surface area contributed by atoms with Crippen LogP contribution in [0.5, 0.6) is 5.75 Å². The lowest BCUT2D eigenvalue weighted by Gasteiger charge is -2.34. The molecule has 0 radical (unpaired) electrons. The lowest BCUT2D eigenvalue weighted by molar-refractivity contribution is -0.147. The van der Waals surface area contributed by atoms with Crippen LogP contribution in [0.1, 0.15) is 13.8 Å². The number of carbonyl (C=O) groups excluding carboxylic acids is 2. The fraction of sp³-hybridized carbons (Fsp3) is 0.429. The van der Waals surface area contributed by atoms with Gasteiger partial charge in [-0.25, -0.2) is 0 Å². The molecule has 5 nitrogen and oxygen atoms in total. The summed E-state index contributed by atoms with van der Waals surface area (Å²) in [4.78, 5) is 25.4. The third-order valence-corrected chi connectivity index (χ3v) is 3.51. The van der Waals surface area contributed by atoms with E-state index in [-0.39, 0.29) is 11.8 Å². The van der Waals surface area contributed by atoms with E-state index in [0.717, 1.165) is 0 Å². The smallest absolute Gasteiger partial charge is 0.264 e. The quantitative estimate of drug-likeness (QED) is 0.918. The lowest BCUT2D eigenvalue weighted by atomic mass is 10.2.